The van der Waals surface area contributed by atoms with Crippen LogP contribution in [0.5, 0.6) is 5.75 Å². The van der Waals surface area contributed by atoms with Crippen LogP contribution in [0.2, 0.25) is 5.15 Å². The number of likely N-dealkylation sites (tertiary alicyclic amines) is 1. The van der Waals surface area contributed by atoms with E-state index >= 15 is 0 Å². The molecule has 188 valence electrons. The van der Waals surface area contributed by atoms with Gasteiger partial charge in [0.15, 0.2) is 0 Å². The van der Waals surface area contributed by atoms with Crippen LogP contribution in [-0.4, -0.2) is 39.7 Å². The van der Waals surface area contributed by atoms with Gasteiger partial charge in [-0.25, -0.2) is 4.98 Å². The van der Waals surface area contributed by atoms with Crippen LogP contribution < -0.4 is 5.32 Å². The molecule has 4 nitrogen and oxygen atoms in total. The zero-order valence-electron chi connectivity index (χ0n) is 21.5. The van der Waals surface area contributed by atoms with Gasteiger partial charge in [0.2, 0.25) is 0 Å². The van der Waals surface area contributed by atoms with Gasteiger partial charge in [-0.1, -0.05) is 61.0 Å². The van der Waals surface area contributed by atoms with Gasteiger partial charge in [-0.3, -0.25) is 4.90 Å². The minimum Gasteiger partial charge on any atom is -0.508 e. The maximum Gasteiger partial charge on any atom is 0.134 e. The van der Waals surface area contributed by atoms with E-state index in [1.165, 1.54) is 29.2 Å². The lowest BCUT2D eigenvalue weighted by Crippen LogP contribution is -2.47. The number of rotatable bonds is 8. The highest BCUT2D eigenvalue weighted by atomic mass is 35.5. The number of fused-ring (bicyclic) bond motifs is 2. The third-order valence-electron chi connectivity index (χ3n) is 7.63. The van der Waals surface area contributed by atoms with Gasteiger partial charge in [0.05, 0.1) is 5.52 Å². The molecule has 0 aliphatic carbocycles. The van der Waals surface area contributed by atoms with E-state index in [0.29, 0.717) is 17.1 Å². The number of benzene rings is 3. The van der Waals surface area contributed by atoms with Crippen molar-refractivity contribution in [1.82, 2.24) is 15.2 Å². The Morgan fingerprint density at radius 1 is 1.06 bits per heavy atom. The third kappa shape index (κ3) is 5.67. The fourth-order valence-electron chi connectivity index (χ4n) is 5.70. The molecule has 1 fully saturated rings. The van der Waals surface area contributed by atoms with E-state index in [4.69, 9.17) is 11.6 Å². The van der Waals surface area contributed by atoms with Gasteiger partial charge < -0.3 is 10.4 Å². The van der Waals surface area contributed by atoms with Gasteiger partial charge in [0.1, 0.15) is 10.9 Å². The number of pyridine rings is 1. The third-order valence-corrected chi connectivity index (χ3v) is 7.96. The highest BCUT2D eigenvalue weighted by molar-refractivity contribution is 6.30. The van der Waals surface area contributed by atoms with Gasteiger partial charge in [-0.2, -0.15) is 0 Å². The van der Waals surface area contributed by atoms with E-state index in [1.54, 1.807) is 12.1 Å². The Bertz CT molecular complexity index is 1370. The molecule has 2 atom stereocenters. The summed E-state index contributed by atoms with van der Waals surface area (Å²) in [6, 6.07) is 23.2. The van der Waals surface area contributed by atoms with E-state index in [0.717, 1.165) is 42.5 Å². The van der Waals surface area contributed by atoms with Crippen molar-refractivity contribution < 1.29 is 5.11 Å². The van der Waals surface area contributed by atoms with Gasteiger partial charge in [0, 0.05) is 29.1 Å². The molecule has 36 heavy (non-hydrogen) atoms. The van der Waals surface area contributed by atoms with Crippen molar-refractivity contribution in [3.8, 4) is 5.75 Å². The first kappa shape index (κ1) is 25.0. The summed E-state index contributed by atoms with van der Waals surface area (Å²) in [4.78, 5) is 7.13. The second-order valence-electron chi connectivity index (χ2n) is 11.1. The number of hydrogen-bond donors (Lipinski definition) is 2. The van der Waals surface area contributed by atoms with Crippen molar-refractivity contribution in [2.45, 2.75) is 58.2 Å². The number of aromatic hydroxyl groups is 1. The minimum atomic E-state index is 0.00767. The van der Waals surface area contributed by atoms with Gasteiger partial charge in [0.25, 0.3) is 0 Å². The number of phenols is 1. The van der Waals surface area contributed by atoms with Crippen molar-refractivity contribution in [1.29, 1.82) is 0 Å². The Hall–Kier alpha value is -2.66. The largest absolute Gasteiger partial charge is 0.508 e. The van der Waals surface area contributed by atoms with E-state index in [-0.39, 0.29) is 11.3 Å². The number of phenolic OH excluding ortho intramolecular Hbond substituents is 1. The molecule has 0 radical (unpaired) electrons. The minimum absolute atomic E-state index is 0.00767. The number of halogens is 1. The molecule has 5 rings (SSSR count). The number of hydrogen-bond acceptors (Lipinski definition) is 4. The molecule has 0 amide bonds. The maximum atomic E-state index is 9.88. The molecule has 1 aliphatic rings. The van der Waals surface area contributed by atoms with Crippen molar-refractivity contribution in [2.75, 3.05) is 13.1 Å². The zero-order valence-corrected chi connectivity index (χ0v) is 22.2. The Labute approximate surface area is 219 Å². The van der Waals surface area contributed by atoms with Gasteiger partial charge >= 0.3 is 0 Å². The fourth-order valence-corrected chi connectivity index (χ4v) is 5.91. The van der Waals surface area contributed by atoms with Crippen LogP contribution in [0.25, 0.3) is 21.7 Å². The molecule has 4 aromatic rings. The molecule has 0 saturated carbocycles. The standard InChI is InChI=1S/C31H36ClN3O/c1-21(19-33-31(2,3)18-22-10-11-23-7-4-5-8-24(23)15-22)29-9-6-14-35(29)20-26-16-25-17-27(36)12-13-28(25)34-30(26)32/h4-5,7-8,10-13,15-17,21,29,33,36H,6,9,14,18-20H2,1-3H3/t21?,29-/m1/s1. The molecule has 3 aromatic carbocycles. The normalized spacial score (nSPS) is 17.7. The van der Waals surface area contributed by atoms with Crippen molar-refractivity contribution >= 4 is 33.3 Å². The van der Waals surface area contributed by atoms with E-state index in [1.807, 2.05) is 6.07 Å². The van der Waals surface area contributed by atoms with Crippen LogP contribution in [0.15, 0.2) is 66.7 Å². The number of nitrogens with one attached hydrogen (secondary N) is 1. The summed E-state index contributed by atoms with van der Waals surface area (Å²) in [6.45, 7) is 9.80. The predicted octanol–water partition coefficient (Wildman–Crippen LogP) is 6.96. The Morgan fingerprint density at radius 3 is 2.69 bits per heavy atom. The Kier molecular flexibility index (Phi) is 7.21. The lowest BCUT2D eigenvalue weighted by Gasteiger charge is -2.33. The lowest BCUT2D eigenvalue weighted by atomic mass is 9.91. The summed E-state index contributed by atoms with van der Waals surface area (Å²) in [5, 5.41) is 17.8. The van der Waals surface area contributed by atoms with Gasteiger partial charge in [-0.15, -0.1) is 0 Å². The molecule has 2 heterocycles. The molecule has 5 heteroatoms. The molecule has 1 unspecified atom stereocenters. The molecule has 0 spiro atoms. The van der Waals surface area contributed by atoms with Gasteiger partial charge in [-0.05, 0) is 92.7 Å². The number of aromatic nitrogens is 1. The number of nitrogens with zero attached hydrogens (tertiary/aromatic N) is 2. The van der Waals surface area contributed by atoms with E-state index < -0.39 is 0 Å². The molecular weight excluding hydrogens is 466 g/mol. The molecule has 1 saturated heterocycles. The quantitative estimate of drug-likeness (QED) is 0.256. The summed E-state index contributed by atoms with van der Waals surface area (Å²) >= 11 is 6.57. The van der Waals surface area contributed by atoms with Crippen molar-refractivity contribution in [3.05, 3.63) is 83.0 Å². The second-order valence-corrected chi connectivity index (χ2v) is 11.5. The van der Waals surface area contributed by atoms with Crippen molar-refractivity contribution in [3.63, 3.8) is 0 Å². The average molecular weight is 502 g/mol. The summed E-state index contributed by atoms with van der Waals surface area (Å²) in [6.07, 6.45) is 3.40. The monoisotopic (exact) mass is 501 g/mol. The Morgan fingerprint density at radius 2 is 1.86 bits per heavy atom. The molecule has 1 aliphatic heterocycles. The van der Waals surface area contributed by atoms with E-state index in [9.17, 15) is 5.11 Å². The Balaban J connectivity index is 1.22. The predicted molar refractivity (Wildman–Crippen MR) is 151 cm³/mol. The van der Waals surface area contributed by atoms with Crippen LogP contribution in [0.1, 0.15) is 44.7 Å². The highest BCUT2D eigenvalue weighted by Gasteiger charge is 2.31. The lowest BCUT2D eigenvalue weighted by molar-refractivity contribution is 0.179. The smallest absolute Gasteiger partial charge is 0.134 e. The van der Waals surface area contributed by atoms with Crippen LogP contribution in [0.3, 0.4) is 0 Å². The summed E-state index contributed by atoms with van der Waals surface area (Å²) in [5.41, 5.74) is 3.21. The van der Waals surface area contributed by atoms with Crippen LogP contribution in [0.4, 0.5) is 0 Å². The first-order chi connectivity index (χ1) is 17.3. The topological polar surface area (TPSA) is 48.4 Å². The summed E-state index contributed by atoms with van der Waals surface area (Å²) in [7, 11) is 0. The first-order valence-electron chi connectivity index (χ1n) is 13.0. The van der Waals surface area contributed by atoms with Crippen LogP contribution in [0, 0.1) is 5.92 Å². The van der Waals surface area contributed by atoms with Crippen LogP contribution >= 0.6 is 11.6 Å². The maximum absolute atomic E-state index is 9.88. The molecular formula is C31H36ClN3O. The average Bonchev–Trinajstić information content (AvgIpc) is 3.31. The van der Waals surface area contributed by atoms with Crippen LogP contribution in [-0.2, 0) is 13.0 Å². The SMILES string of the molecule is CC(CNC(C)(C)Cc1ccc2ccccc2c1)[C@H]1CCCN1Cc1cc2cc(O)ccc2nc1Cl. The zero-order chi connectivity index (χ0) is 25.3. The second kappa shape index (κ2) is 10.4. The summed E-state index contributed by atoms with van der Waals surface area (Å²) in [5.74, 6) is 0.766. The molecule has 0 bridgehead atoms. The van der Waals surface area contributed by atoms with Crippen molar-refractivity contribution in [2.24, 2.45) is 5.92 Å². The summed E-state index contributed by atoms with van der Waals surface area (Å²) < 4.78 is 0. The molecule has 1 aromatic heterocycles. The van der Waals surface area contributed by atoms with E-state index in [2.05, 4.69) is 84.5 Å². The molecule has 2 N–H and O–H groups in total. The first-order valence-corrected chi connectivity index (χ1v) is 13.4. The fraction of sp³-hybridized carbons (Fsp3) is 0.387. The highest BCUT2D eigenvalue weighted by Crippen LogP contribution is 2.30.